The van der Waals surface area contributed by atoms with E-state index in [1.54, 1.807) is 4.90 Å². The van der Waals surface area contributed by atoms with Gasteiger partial charge in [0.1, 0.15) is 12.0 Å². The van der Waals surface area contributed by atoms with Crippen LogP contribution in [0.15, 0.2) is 36.4 Å². The van der Waals surface area contributed by atoms with E-state index in [0.717, 1.165) is 29.7 Å². The molecule has 6 heteroatoms. The van der Waals surface area contributed by atoms with Crippen molar-refractivity contribution in [2.24, 2.45) is 0 Å². The first-order chi connectivity index (χ1) is 14.6. The van der Waals surface area contributed by atoms with Crippen molar-refractivity contribution >= 4 is 19.0 Å². The van der Waals surface area contributed by atoms with Crippen molar-refractivity contribution in [2.75, 3.05) is 11.2 Å². The fourth-order valence-corrected chi connectivity index (χ4v) is 4.53. The molecular formula is C26H40NO4P. The Morgan fingerprint density at radius 3 is 1.75 bits per heavy atom. The second-order valence-electron chi connectivity index (χ2n) is 10.7. The predicted molar refractivity (Wildman–Crippen MR) is 134 cm³/mol. The summed E-state index contributed by atoms with van der Waals surface area (Å²) >= 11 is 0. The summed E-state index contributed by atoms with van der Waals surface area (Å²) in [5.41, 5.74) is 3.44. The number of phenolic OH excluding ortho intramolecular Hbond substituents is 1. The zero-order valence-electron chi connectivity index (χ0n) is 20.6. The maximum absolute atomic E-state index is 12.1. The van der Waals surface area contributed by atoms with Crippen molar-refractivity contribution in [3.8, 4) is 5.75 Å². The number of anilines is 2. The summed E-state index contributed by atoms with van der Waals surface area (Å²) in [4.78, 5) is 21.4. The first-order valence-corrected chi connectivity index (χ1v) is 13.2. The minimum atomic E-state index is -4.35. The topological polar surface area (TPSA) is 81.0 Å². The van der Waals surface area contributed by atoms with Crippen LogP contribution in [0.4, 0.5) is 11.4 Å². The highest BCUT2D eigenvalue weighted by Crippen LogP contribution is 2.46. The number of unbranched alkanes of at least 4 members (excludes halogenated alkanes) is 2. The van der Waals surface area contributed by atoms with Crippen LogP contribution < -0.4 is 4.90 Å². The lowest BCUT2D eigenvalue weighted by molar-refractivity contribution is 0.373. The van der Waals surface area contributed by atoms with Gasteiger partial charge in [-0.3, -0.25) is 4.57 Å². The standard InChI is InChI=1S/C26H40NO4P/c1-8-9-10-11-19-12-14-20(15-13-19)27(18-32(29,30)31)21-16-22(25(2,3)4)24(28)23(17-21)26(5,6)7/h12-17,28H,8-11,18H2,1-7H3,(H2,29,30,31). The minimum Gasteiger partial charge on any atom is -0.507 e. The molecule has 5 nitrogen and oxygen atoms in total. The van der Waals surface area contributed by atoms with Gasteiger partial charge in [0.25, 0.3) is 0 Å². The summed E-state index contributed by atoms with van der Waals surface area (Å²) < 4.78 is 12.1. The molecule has 0 aromatic heterocycles. The molecule has 0 atom stereocenters. The van der Waals surface area contributed by atoms with Crippen LogP contribution in [0.5, 0.6) is 5.75 Å². The van der Waals surface area contributed by atoms with Crippen molar-refractivity contribution < 1.29 is 19.5 Å². The molecular weight excluding hydrogens is 421 g/mol. The second kappa shape index (κ2) is 9.99. The number of aryl methyl sites for hydroxylation is 1. The van der Waals surface area contributed by atoms with Crippen LogP contribution in [0.3, 0.4) is 0 Å². The van der Waals surface area contributed by atoms with Gasteiger partial charge in [-0.2, -0.15) is 0 Å². The van der Waals surface area contributed by atoms with Gasteiger partial charge in [-0.15, -0.1) is 0 Å². The molecule has 2 aromatic carbocycles. The quantitative estimate of drug-likeness (QED) is 0.291. The molecule has 0 fully saturated rings. The van der Waals surface area contributed by atoms with Gasteiger partial charge in [0.05, 0.1) is 0 Å². The first-order valence-electron chi connectivity index (χ1n) is 11.4. The van der Waals surface area contributed by atoms with E-state index in [4.69, 9.17) is 0 Å². The highest BCUT2D eigenvalue weighted by molar-refractivity contribution is 7.51. The molecule has 178 valence electrons. The smallest absolute Gasteiger partial charge is 0.345 e. The van der Waals surface area contributed by atoms with Crippen LogP contribution in [-0.2, 0) is 21.8 Å². The molecule has 0 aliphatic rings. The van der Waals surface area contributed by atoms with E-state index in [2.05, 4.69) is 6.92 Å². The average molecular weight is 462 g/mol. The Kier molecular flexibility index (Phi) is 8.25. The van der Waals surface area contributed by atoms with Gasteiger partial charge in [-0.1, -0.05) is 73.4 Å². The SMILES string of the molecule is CCCCCc1ccc(N(CP(=O)(O)O)c2cc(C(C)(C)C)c(O)c(C(C)(C)C)c2)cc1. The van der Waals surface area contributed by atoms with Crippen molar-refractivity contribution in [2.45, 2.75) is 85.0 Å². The lowest BCUT2D eigenvalue weighted by Gasteiger charge is -2.32. The molecule has 0 saturated heterocycles. The van der Waals surface area contributed by atoms with Crippen LogP contribution in [0.2, 0.25) is 0 Å². The molecule has 0 amide bonds. The summed E-state index contributed by atoms with van der Waals surface area (Å²) in [6.07, 6.45) is 4.05. The highest BCUT2D eigenvalue weighted by Gasteiger charge is 2.29. The summed E-state index contributed by atoms with van der Waals surface area (Å²) in [7, 11) is -4.35. The fourth-order valence-electron chi connectivity index (χ4n) is 3.84. The average Bonchev–Trinajstić information content (AvgIpc) is 2.65. The Labute approximate surface area is 193 Å². The molecule has 0 saturated carbocycles. The van der Waals surface area contributed by atoms with Gasteiger partial charge in [0, 0.05) is 22.5 Å². The summed E-state index contributed by atoms with van der Waals surface area (Å²) in [5.74, 6) is 0.246. The highest BCUT2D eigenvalue weighted by atomic mass is 31.2. The zero-order valence-corrected chi connectivity index (χ0v) is 21.5. The van der Waals surface area contributed by atoms with Crippen molar-refractivity contribution in [3.63, 3.8) is 0 Å². The monoisotopic (exact) mass is 461 g/mol. The fraction of sp³-hybridized carbons (Fsp3) is 0.538. The maximum atomic E-state index is 12.1. The minimum absolute atomic E-state index is 0.246. The van der Waals surface area contributed by atoms with Gasteiger partial charge in [-0.05, 0) is 53.5 Å². The summed E-state index contributed by atoms with van der Waals surface area (Å²) in [6, 6.07) is 11.6. The Hall–Kier alpha value is -1.81. The number of aromatic hydroxyl groups is 1. The molecule has 0 aliphatic heterocycles. The molecule has 0 radical (unpaired) electrons. The van der Waals surface area contributed by atoms with Crippen LogP contribution in [0.1, 0.15) is 84.4 Å². The first kappa shape index (κ1) is 26.4. The summed E-state index contributed by atoms with van der Waals surface area (Å²) in [6.45, 7) is 14.3. The molecule has 2 aromatic rings. The normalized spacial score (nSPS) is 12.8. The van der Waals surface area contributed by atoms with E-state index < -0.39 is 13.9 Å². The third kappa shape index (κ3) is 7.10. The molecule has 0 aliphatic carbocycles. The second-order valence-corrected chi connectivity index (χ2v) is 12.4. The van der Waals surface area contributed by atoms with E-state index in [-0.39, 0.29) is 16.6 Å². The van der Waals surface area contributed by atoms with Crippen LogP contribution >= 0.6 is 7.60 Å². The Balaban J connectivity index is 2.61. The Morgan fingerprint density at radius 1 is 0.844 bits per heavy atom. The van der Waals surface area contributed by atoms with Gasteiger partial charge >= 0.3 is 7.60 Å². The lowest BCUT2D eigenvalue weighted by Crippen LogP contribution is -2.22. The van der Waals surface area contributed by atoms with E-state index in [0.29, 0.717) is 5.69 Å². The van der Waals surface area contributed by atoms with Gasteiger partial charge in [0.15, 0.2) is 0 Å². The third-order valence-electron chi connectivity index (χ3n) is 5.67. The zero-order chi connectivity index (χ0) is 24.3. The van der Waals surface area contributed by atoms with Crippen LogP contribution in [-0.4, -0.2) is 21.2 Å². The Bertz CT molecular complexity index is 914. The van der Waals surface area contributed by atoms with E-state index >= 15 is 0 Å². The van der Waals surface area contributed by atoms with Gasteiger partial charge in [-0.25, -0.2) is 0 Å². The maximum Gasteiger partial charge on any atom is 0.345 e. The lowest BCUT2D eigenvalue weighted by atomic mass is 9.79. The summed E-state index contributed by atoms with van der Waals surface area (Å²) in [5, 5.41) is 11.0. The largest absolute Gasteiger partial charge is 0.507 e. The molecule has 0 unspecified atom stereocenters. The van der Waals surface area contributed by atoms with Crippen molar-refractivity contribution in [3.05, 3.63) is 53.1 Å². The number of hydrogen-bond donors (Lipinski definition) is 3. The number of hydrogen-bond acceptors (Lipinski definition) is 3. The molecule has 3 N–H and O–H groups in total. The van der Waals surface area contributed by atoms with Crippen LogP contribution in [0.25, 0.3) is 0 Å². The third-order valence-corrected chi connectivity index (χ3v) is 6.32. The number of benzene rings is 2. The van der Waals surface area contributed by atoms with Gasteiger partial charge < -0.3 is 19.8 Å². The van der Waals surface area contributed by atoms with E-state index in [1.807, 2.05) is 77.9 Å². The van der Waals surface area contributed by atoms with E-state index in [1.165, 1.54) is 18.4 Å². The van der Waals surface area contributed by atoms with Gasteiger partial charge in [0.2, 0.25) is 0 Å². The molecule has 0 spiro atoms. The van der Waals surface area contributed by atoms with Crippen LogP contribution in [0, 0.1) is 0 Å². The molecule has 0 heterocycles. The van der Waals surface area contributed by atoms with Crippen molar-refractivity contribution in [1.82, 2.24) is 0 Å². The van der Waals surface area contributed by atoms with E-state index in [9.17, 15) is 19.5 Å². The van der Waals surface area contributed by atoms with Crippen molar-refractivity contribution in [1.29, 1.82) is 0 Å². The Morgan fingerprint density at radius 2 is 1.34 bits per heavy atom. The predicted octanol–water partition coefficient (Wildman–Crippen LogP) is 6.99. The molecule has 0 bridgehead atoms. The number of phenols is 1. The number of nitrogens with zero attached hydrogens (tertiary/aromatic N) is 1. The molecule has 32 heavy (non-hydrogen) atoms. The number of rotatable bonds is 8. The molecule has 2 rings (SSSR count).